The van der Waals surface area contributed by atoms with Crippen LogP contribution < -0.4 is 0 Å². The van der Waals surface area contributed by atoms with Gasteiger partial charge in [0.15, 0.2) is 0 Å². The van der Waals surface area contributed by atoms with Crippen molar-refractivity contribution in [1.82, 2.24) is 19.8 Å². The van der Waals surface area contributed by atoms with Gasteiger partial charge in [-0.1, -0.05) is 6.42 Å². The van der Waals surface area contributed by atoms with Crippen molar-refractivity contribution in [3.63, 3.8) is 0 Å². The summed E-state index contributed by atoms with van der Waals surface area (Å²) in [7, 11) is 1.73. The molecule has 0 saturated carbocycles. The first-order chi connectivity index (χ1) is 9.16. The molecule has 1 aliphatic rings. The molecule has 2 amide bonds. The van der Waals surface area contributed by atoms with E-state index in [1.165, 1.54) is 0 Å². The van der Waals surface area contributed by atoms with E-state index in [1.54, 1.807) is 29.2 Å². The first-order valence-corrected chi connectivity index (χ1v) is 6.67. The van der Waals surface area contributed by atoms with E-state index in [2.05, 4.69) is 9.97 Å². The SMILES string of the molecule is CN(Cc1ncc[nH]1)C(=O)CN1CCCCCC1=O. The Hall–Kier alpha value is -1.85. The second-order valence-electron chi connectivity index (χ2n) is 4.91. The Morgan fingerprint density at radius 3 is 3.05 bits per heavy atom. The highest BCUT2D eigenvalue weighted by Gasteiger charge is 2.21. The summed E-state index contributed by atoms with van der Waals surface area (Å²) in [6.07, 6.45) is 6.94. The van der Waals surface area contributed by atoms with E-state index in [0.717, 1.165) is 25.1 Å². The lowest BCUT2D eigenvalue weighted by Crippen LogP contribution is -2.41. The van der Waals surface area contributed by atoms with Gasteiger partial charge in [0.25, 0.3) is 0 Å². The van der Waals surface area contributed by atoms with Crippen LogP contribution in [0.15, 0.2) is 12.4 Å². The summed E-state index contributed by atoms with van der Waals surface area (Å²) in [5.41, 5.74) is 0. The van der Waals surface area contributed by atoms with Gasteiger partial charge in [-0.2, -0.15) is 0 Å². The molecule has 0 spiro atoms. The predicted octanol–water partition coefficient (Wildman–Crippen LogP) is 0.771. The number of likely N-dealkylation sites (tertiary alicyclic amines) is 1. The van der Waals surface area contributed by atoms with Gasteiger partial charge in [0.05, 0.1) is 13.1 Å². The van der Waals surface area contributed by atoms with Gasteiger partial charge in [-0.05, 0) is 12.8 Å². The number of likely N-dealkylation sites (N-methyl/N-ethyl adjacent to an activating group) is 1. The standard InChI is InChI=1S/C13H20N4O2/c1-16(9-11-14-6-7-15-11)13(19)10-17-8-4-2-3-5-12(17)18/h6-7H,2-5,8-10H2,1H3,(H,14,15). The maximum Gasteiger partial charge on any atom is 0.242 e. The van der Waals surface area contributed by atoms with Crippen LogP contribution in [0.25, 0.3) is 0 Å². The molecule has 0 atom stereocenters. The lowest BCUT2D eigenvalue weighted by molar-refractivity contribution is -0.139. The van der Waals surface area contributed by atoms with Crippen molar-refractivity contribution >= 4 is 11.8 Å². The minimum absolute atomic E-state index is 0.0494. The molecule has 0 aromatic carbocycles. The first-order valence-electron chi connectivity index (χ1n) is 6.67. The molecule has 2 rings (SSSR count). The molecule has 1 aliphatic heterocycles. The number of rotatable bonds is 4. The number of hydrogen-bond donors (Lipinski definition) is 1. The van der Waals surface area contributed by atoms with E-state index in [9.17, 15) is 9.59 Å². The molecule has 0 unspecified atom stereocenters. The molecule has 1 N–H and O–H groups in total. The van der Waals surface area contributed by atoms with Crippen LogP contribution in [-0.4, -0.2) is 51.7 Å². The highest BCUT2D eigenvalue weighted by atomic mass is 16.2. The molecule has 1 aromatic heterocycles. The third-order valence-electron chi connectivity index (χ3n) is 3.37. The van der Waals surface area contributed by atoms with Crippen molar-refractivity contribution in [3.8, 4) is 0 Å². The van der Waals surface area contributed by atoms with Gasteiger partial charge in [0.1, 0.15) is 5.82 Å². The number of H-pyrrole nitrogens is 1. The third kappa shape index (κ3) is 3.81. The molecule has 1 aromatic rings. The topological polar surface area (TPSA) is 69.3 Å². The van der Waals surface area contributed by atoms with Crippen molar-refractivity contribution in [1.29, 1.82) is 0 Å². The molecular weight excluding hydrogens is 244 g/mol. The number of aromatic amines is 1. The monoisotopic (exact) mass is 264 g/mol. The Balaban J connectivity index is 1.86. The van der Waals surface area contributed by atoms with Crippen LogP contribution in [0.3, 0.4) is 0 Å². The third-order valence-corrected chi connectivity index (χ3v) is 3.37. The Morgan fingerprint density at radius 1 is 1.47 bits per heavy atom. The van der Waals surface area contributed by atoms with E-state index < -0.39 is 0 Å². The van der Waals surface area contributed by atoms with Gasteiger partial charge in [-0.3, -0.25) is 9.59 Å². The van der Waals surface area contributed by atoms with Crippen molar-refractivity contribution in [2.75, 3.05) is 20.1 Å². The highest BCUT2D eigenvalue weighted by molar-refractivity contribution is 5.84. The Morgan fingerprint density at radius 2 is 2.32 bits per heavy atom. The maximum absolute atomic E-state index is 12.1. The van der Waals surface area contributed by atoms with Crippen LogP contribution in [0.5, 0.6) is 0 Å². The fourth-order valence-electron chi connectivity index (χ4n) is 2.19. The zero-order valence-corrected chi connectivity index (χ0v) is 11.3. The molecule has 2 heterocycles. The molecule has 6 nitrogen and oxygen atoms in total. The fraction of sp³-hybridized carbons (Fsp3) is 0.615. The van der Waals surface area contributed by atoms with E-state index >= 15 is 0 Å². The second-order valence-corrected chi connectivity index (χ2v) is 4.91. The number of nitrogens with zero attached hydrogens (tertiary/aromatic N) is 3. The van der Waals surface area contributed by atoms with Crippen molar-refractivity contribution < 1.29 is 9.59 Å². The molecule has 0 bridgehead atoms. The molecule has 6 heteroatoms. The zero-order chi connectivity index (χ0) is 13.7. The summed E-state index contributed by atoms with van der Waals surface area (Å²) < 4.78 is 0. The number of carbonyl (C=O) groups excluding carboxylic acids is 2. The maximum atomic E-state index is 12.1. The number of carbonyl (C=O) groups is 2. The zero-order valence-electron chi connectivity index (χ0n) is 11.3. The van der Waals surface area contributed by atoms with Crippen LogP contribution in [-0.2, 0) is 16.1 Å². The van der Waals surface area contributed by atoms with E-state index in [-0.39, 0.29) is 18.4 Å². The number of nitrogens with one attached hydrogen (secondary N) is 1. The summed E-state index contributed by atoms with van der Waals surface area (Å²) in [4.78, 5) is 34.2. The van der Waals surface area contributed by atoms with Crippen LogP contribution >= 0.6 is 0 Å². The molecule has 0 radical (unpaired) electrons. The van der Waals surface area contributed by atoms with Crippen molar-refractivity contribution in [3.05, 3.63) is 18.2 Å². The second kappa shape index (κ2) is 6.36. The number of amides is 2. The van der Waals surface area contributed by atoms with Crippen LogP contribution in [0.2, 0.25) is 0 Å². The van der Waals surface area contributed by atoms with Gasteiger partial charge < -0.3 is 14.8 Å². The van der Waals surface area contributed by atoms with Gasteiger partial charge >= 0.3 is 0 Å². The fourth-order valence-corrected chi connectivity index (χ4v) is 2.19. The smallest absolute Gasteiger partial charge is 0.242 e. The Bertz CT molecular complexity index is 430. The van der Waals surface area contributed by atoms with Crippen molar-refractivity contribution in [2.24, 2.45) is 0 Å². The quantitative estimate of drug-likeness (QED) is 0.873. The van der Waals surface area contributed by atoms with Crippen LogP contribution in [0.1, 0.15) is 31.5 Å². The summed E-state index contributed by atoms with van der Waals surface area (Å²) >= 11 is 0. The highest BCUT2D eigenvalue weighted by Crippen LogP contribution is 2.11. The molecular formula is C13H20N4O2. The molecule has 19 heavy (non-hydrogen) atoms. The summed E-state index contributed by atoms with van der Waals surface area (Å²) in [5, 5.41) is 0. The average Bonchev–Trinajstić information content (AvgIpc) is 2.81. The van der Waals surface area contributed by atoms with E-state index in [0.29, 0.717) is 19.5 Å². The van der Waals surface area contributed by atoms with Crippen LogP contribution in [0.4, 0.5) is 0 Å². The van der Waals surface area contributed by atoms with Gasteiger partial charge in [0.2, 0.25) is 11.8 Å². The number of imidazole rings is 1. The van der Waals surface area contributed by atoms with E-state index in [1.807, 2.05) is 0 Å². The molecule has 1 saturated heterocycles. The van der Waals surface area contributed by atoms with Crippen LogP contribution in [0, 0.1) is 0 Å². The van der Waals surface area contributed by atoms with Crippen molar-refractivity contribution in [2.45, 2.75) is 32.2 Å². The Kier molecular flexibility index (Phi) is 4.54. The summed E-state index contributed by atoms with van der Waals surface area (Å²) in [6.45, 7) is 1.31. The van der Waals surface area contributed by atoms with Gasteiger partial charge in [-0.25, -0.2) is 4.98 Å². The average molecular weight is 264 g/mol. The lowest BCUT2D eigenvalue weighted by Gasteiger charge is -2.23. The molecule has 104 valence electrons. The minimum atomic E-state index is -0.0494. The summed E-state index contributed by atoms with van der Waals surface area (Å²) in [5.74, 6) is 0.793. The Labute approximate surface area is 112 Å². The predicted molar refractivity (Wildman–Crippen MR) is 70.1 cm³/mol. The van der Waals surface area contributed by atoms with E-state index in [4.69, 9.17) is 0 Å². The lowest BCUT2D eigenvalue weighted by atomic mass is 10.2. The number of hydrogen-bond acceptors (Lipinski definition) is 3. The molecule has 0 aliphatic carbocycles. The minimum Gasteiger partial charge on any atom is -0.347 e. The number of aromatic nitrogens is 2. The first kappa shape index (κ1) is 13.6. The van der Waals surface area contributed by atoms with Gasteiger partial charge in [0, 0.05) is 32.4 Å². The summed E-state index contributed by atoms with van der Waals surface area (Å²) in [6, 6.07) is 0. The largest absolute Gasteiger partial charge is 0.347 e. The molecule has 1 fully saturated rings. The normalized spacial score (nSPS) is 16.3. The van der Waals surface area contributed by atoms with Gasteiger partial charge in [-0.15, -0.1) is 0 Å².